The maximum absolute atomic E-state index is 12.1. The van der Waals surface area contributed by atoms with E-state index >= 15 is 0 Å². The molecule has 0 aromatic heterocycles. The van der Waals surface area contributed by atoms with Crippen LogP contribution in [0.4, 0.5) is 0 Å². The van der Waals surface area contributed by atoms with Gasteiger partial charge in [-0.05, 0) is 57.8 Å². The van der Waals surface area contributed by atoms with Crippen molar-refractivity contribution in [2.45, 2.75) is 168 Å². The van der Waals surface area contributed by atoms with Crippen LogP contribution in [0.3, 0.4) is 0 Å². The standard InChI is InChI=1S/C34H64O4/c1-3-5-7-9-11-13-15-17-18-19-21-23-25-27-29-34(36)38-33(31-35)32-37-30-28-26-24-22-20-16-14-12-10-8-6-4-2/h10,12,15,17,33,35H,3-9,11,13-14,16,18-32H2,1-2H3/b12-10-,17-15-. The highest BCUT2D eigenvalue weighted by Gasteiger charge is 2.13. The second-order valence-corrected chi connectivity index (χ2v) is 10.9. The summed E-state index contributed by atoms with van der Waals surface area (Å²) in [7, 11) is 0. The van der Waals surface area contributed by atoms with Gasteiger partial charge in [-0.3, -0.25) is 4.79 Å². The molecular weight excluding hydrogens is 472 g/mol. The molecule has 0 aromatic carbocycles. The van der Waals surface area contributed by atoms with E-state index in [2.05, 4.69) is 38.2 Å². The minimum absolute atomic E-state index is 0.176. The van der Waals surface area contributed by atoms with E-state index < -0.39 is 6.10 Å². The van der Waals surface area contributed by atoms with Crippen LogP contribution in [0.15, 0.2) is 24.3 Å². The third-order valence-electron chi connectivity index (χ3n) is 7.00. The summed E-state index contributed by atoms with van der Waals surface area (Å²) in [5, 5.41) is 9.51. The van der Waals surface area contributed by atoms with Crippen LogP contribution >= 0.6 is 0 Å². The Labute approximate surface area is 237 Å². The van der Waals surface area contributed by atoms with Gasteiger partial charge in [-0.2, -0.15) is 0 Å². The molecule has 1 N–H and O–H groups in total. The van der Waals surface area contributed by atoms with Crippen molar-refractivity contribution in [1.82, 2.24) is 0 Å². The largest absolute Gasteiger partial charge is 0.457 e. The van der Waals surface area contributed by atoms with Crippen LogP contribution in [0.2, 0.25) is 0 Å². The fraction of sp³-hybridized carbons (Fsp3) is 0.853. The molecule has 1 unspecified atom stereocenters. The molecule has 0 heterocycles. The van der Waals surface area contributed by atoms with E-state index in [-0.39, 0.29) is 12.6 Å². The molecule has 0 radical (unpaired) electrons. The van der Waals surface area contributed by atoms with Crippen molar-refractivity contribution in [3.05, 3.63) is 24.3 Å². The summed E-state index contributed by atoms with van der Waals surface area (Å²) in [4.78, 5) is 12.1. The molecule has 0 fully saturated rings. The zero-order chi connectivity index (χ0) is 27.8. The number of hydrogen-bond donors (Lipinski definition) is 1. The first kappa shape index (κ1) is 36.9. The Hall–Kier alpha value is -1.13. The number of unbranched alkanes of at least 4 members (excludes halogenated alkanes) is 18. The molecule has 0 spiro atoms. The van der Waals surface area contributed by atoms with Gasteiger partial charge < -0.3 is 14.6 Å². The molecule has 0 saturated carbocycles. The Balaban J connectivity index is 3.47. The summed E-state index contributed by atoms with van der Waals surface area (Å²) in [6.07, 6.45) is 36.3. The van der Waals surface area contributed by atoms with Gasteiger partial charge in [0, 0.05) is 13.0 Å². The van der Waals surface area contributed by atoms with Crippen LogP contribution in [0, 0.1) is 0 Å². The van der Waals surface area contributed by atoms with Crippen molar-refractivity contribution >= 4 is 5.97 Å². The van der Waals surface area contributed by atoms with Gasteiger partial charge in [0.2, 0.25) is 0 Å². The zero-order valence-corrected chi connectivity index (χ0v) is 25.4. The molecule has 0 rings (SSSR count). The van der Waals surface area contributed by atoms with E-state index in [1.54, 1.807) is 0 Å². The molecule has 38 heavy (non-hydrogen) atoms. The Morgan fingerprint density at radius 1 is 0.605 bits per heavy atom. The average Bonchev–Trinajstić information content (AvgIpc) is 2.92. The highest BCUT2D eigenvalue weighted by molar-refractivity contribution is 5.69. The fourth-order valence-corrected chi connectivity index (χ4v) is 4.48. The van der Waals surface area contributed by atoms with E-state index in [9.17, 15) is 9.90 Å². The Bertz CT molecular complexity index is 529. The van der Waals surface area contributed by atoms with E-state index in [1.165, 1.54) is 122 Å². The second-order valence-electron chi connectivity index (χ2n) is 10.9. The predicted octanol–water partition coefficient (Wildman–Crippen LogP) is 10.0. The molecule has 0 amide bonds. The van der Waals surface area contributed by atoms with Gasteiger partial charge in [0.05, 0.1) is 13.2 Å². The highest BCUT2D eigenvalue weighted by atomic mass is 16.6. The average molecular weight is 537 g/mol. The molecule has 0 aliphatic carbocycles. The quantitative estimate of drug-likeness (QED) is 0.0563. The number of aliphatic hydroxyl groups excluding tert-OH is 1. The summed E-state index contributed by atoms with van der Waals surface area (Å²) in [6, 6.07) is 0. The van der Waals surface area contributed by atoms with Crippen LogP contribution in [0.1, 0.15) is 162 Å². The molecule has 0 aromatic rings. The summed E-state index contributed by atoms with van der Waals surface area (Å²) < 4.78 is 11.1. The Kier molecular flexibility index (Phi) is 31.1. The molecule has 0 aliphatic rings. The zero-order valence-electron chi connectivity index (χ0n) is 25.4. The second kappa shape index (κ2) is 32.1. The van der Waals surface area contributed by atoms with E-state index in [1.807, 2.05) is 0 Å². The number of allylic oxidation sites excluding steroid dienone is 4. The van der Waals surface area contributed by atoms with Crippen molar-refractivity contribution in [1.29, 1.82) is 0 Å². The van der Waals surface area contributed by atoms with Crippen molar-refractivity contribution in [3.63, 3.8) is 0 Å². The Morgan fingerprint density at radius 2 is 1.05 bits per heavy atom. The van der Waals surface area contributed by atoms with E-state index in [4.69, 9.17) is 9.47 Å². The minimum Gasteiger partial charge on any atom is -0.457 e. The first-order valence-electron chi connectivity index (χ1n) is 16.4. The molecule has 0 bridgehead atoms. The summed E-state index contributed by atoms with van der Waals surface area (Å²) in [5.41, 5.74) is 0. The highest BCUT2D eigenvalue weighted by Crippen LogP contribution is 2.11. The Morgan fingerprint density at radius 3 is 1.58 bits per heavy atom. The topological polar surface area (TPSA) is 55.8 Å². The van der Waals surface area contributed by atoms with Crippen LogP contribution < -0.4 is 0 Å². The van der Waals surface area contributed by atoms with Gasteiger partial charge in [0.1, 0.15) is 6.10 Å². The van der Waals surface area contributed by atoms with Gasteiger partial charge in [-0.15, -0.1) is 0 Å². The lowest BCUT2D eigenvalue weighted by Crippen LogP contribution is -2.27. The molecule has 1 atom stereocenters. The number of esters is 1. The lowest BCUT2D eigenvalue weighted by Gasteiger charge is -2.15. The molecule has 224 valence electrons. The van der Waals surface area contributed by atoms with Crippen LogP contribution in [0.5, 0.6) is 0 Å². The van der Waals surface area contributed by atoms with Crippen LogP contribution in [-0.4, -0.2) is 37.0 Å². The number of hydrogen-bond acceptors (Lipinski definition) is 4. The summed E-state index contributed by atoms with van der Waals surface area (Å²) in [6.45, 7) is 5.28. The molecule has 0 saturated heterocycles. The smallest absolute Gasteiger partial charge is 0.306 e. The number of carbonyl (C=O) groups excluding carboxylic acids is 1. The van der Waals surface area contributed by atoms with Gasteiger partial charge in [-0.25, -0.2) is 0 Å². The van der Waals surface area contributed by atoms with Crippen molar-refractivity contribution in [2.24, 2.45) is 0 Å². The number of aliphatic hydroxyl groups is 1. The summed E-state index contributed by atoms with van der Waals surface area (Å²) >= 11 is 0. The molecular formula is C34H64O4. The van der Waals surface area contributed by atoms with E-state index in [0.717, 1.165) is 19.3 Å². The number of carbonyl (C=O) groups is 1. The monoisotopic (exact) mass is 536 g/mol. The maximum atomic E-state index is 12.1. The normalized spacial score (nSPS) is 12.6. The molecule has 4 nitrogen and oxygen atoms in total. The minimum atomic E-state index is -0.536. The third-order valence-corrected chi connectivity index (χ3v) is 7.00. The molecule has 4 heteroatoms. The van der Waals surface area contributed by atoms with Crippen molar-refractivity contribution in [3.8, 4) is 0 Å². The van der Waals surface area contributed by atoms with Crippen LogP contribution in [0.25, 0.3) is 0 Å². The predicted molar refractivity (Wildman–Crippen MR) is 164 cm³/mol. The van der Waals surface area contributed by atoms with E-state index in [0.29, 0.717) is 19.6 Å². The first-order chi connectivity index (χ1) is 18.7. The maximum Gasteiger partial charge on any atom is 0.306 e. The molecule has 0 aliphatic heterocycles. The number of rotatable bonds is 30. The summed E-state index contributed by atoms with van der Waals surface area (Å²) in [5.74, 6) is -0.213. The third kappa shape index (κ3) is 29.4. The van der Waals surface area contributed by atoms with Gasteiger partial charge in [0.25, 0.3) is 0 Å². The van der Waals surface area contributed by atoms with Crippen molar-refractivity contribution in [2.75, 3.05) is 19.8 Å². The number of ether oxygens (including phenoxy) is 2. The van der Waals surface area contributed by atoms with Gasteiger partial charge >= 0.3 is 5.97 Å². The lowest BCUT2D eigenvalue weighted by atomic mass is 10.1. The SMILES string of the molecule is CCCC/C=C\CCCCCCCCOCC(CO)OC(=O)CCCCCCC/C=C\CCCCCCC. The lowest BCUT2D eigenvalue weighted by molar-refractivity contribution is -0.154. The van der Waals surface area contributed by atoms with Crippen molar-refractivity contribution < 1.29 is 19.4 Å². The van der Waals surface area contributed by atoms with Crippen LogP contribution in [-0.2, 0) is 14.3 Å². The fourth-order valence-electron chi connectivity index (χ4n) is 4.48. The van der Waals surface area contributed by atoms with Gasteiger partial charge in [-0.1, -0.05) is 122 Å². The first-order valence-corrected chi connectivity index (χ1v) is 16.4. The van der Waals surface area contributed by atoms with Gasteiger partial charge in [0.15, 0.2) is 0 Å².